The van der Waals surface area contributed by atoms with E-state index in [9.17, 15) is 0 Å². The fraction of sp³-hybridized carbons (Fsp3) is 0. The minimum atomic E-state index is 0.628. The second-order valence-corrected chi connectivity index (χ2v) is 31.4. The largest absolute Gasteiger partial charge is 0.456 e. The maximum atomic E-state index is 6.26. The summed E-state index contributed by atoms with van der Waals surface area (Å²) in [7, 11) is 0. The molecule has 12 nitrogen and oxygen atoms in total. The van der Waals surface area contributed by atoms with Gasteiger partial charge in [-0.3, -0.25) is 0 Å². The van der Waals surface area contributed by atoms with E-state index in [1.165, 1.54) is 5.39 Å². The van der Waals surface area contributed by atoms with Gasteiger partial charge in [-0.25, -0.2) is 44.9 Å². The van der Waals surface area contributed by atoms with Gasteiger partial charge in [0.05, 0.1) is 0 Å². The highest BCUT2D eigenvalue weighted by atomic mass is 16.3. The molecule has 0 fully saturated rings. The molecule has 19 aromatic carbocycles. The molecule has 0 bridgehead atoms. The van der Waals surface area contributed by atoms with Crippen LogP contribution in [-0.4, -0.2) is 44.9 Å². The van der Waals surface area contributed by atoms with Crippen LogP contribution < -0.4 is 0 Å². The van der Waals surface area contributed by atoms with Gasteiger partial charge in [0.2, 0.25) is 0 Å². The highest BCUT2D eigenvalue weighted by Crippen LogP contribution is 2.46. The maximum Gasteiger partial charge on any atom is 0.164 e. The second kappa shape index (κ2) is 32.2. The molecule has 25 rings (SSSR count). The molecule has 127 heavy (non-hydrogen) atoms. The molecule has 0 radical (unpaired) electrons. The van der Waals surface area contributed by atoms with Crippen LogP contribution >= 0.6 is 0 Å². The Labute approximate surface area is 728 Å². The summed E-state index contributed by atoms with van der Waals surface area (Å²) in [6.45, 7) is 0. The predicted octanol–water partition coefficient (Wildman–Crippen LogP) is 29.9. The molecule has 12 heteroatoms. The van der Waals surface area contributed by atoms with Gasteiger partial charge in [-0.2, -0.15) is 0 Å². The number of benzene rings is 19. The van der Waals surface area contributed by atoms with Gasteiger partial charge in [-0.15, -0.1) is 0 Å². The van der Waals surface area contributed by atoms with E-state index in [4.69, 9.17) is 58.1 Å². The molecular weight excluding hydrogens is 1560 g/mol. The number of hydrogen-bond donors (Lipinski definition) is 0. The summed E-state index contributed by atoms with van der Waals surface area (Å²) < 4.78 is 18.6. The van der Waals surface area contributed by atoms with E-state index in [1.54, 1.807) is 0 Å². The Morgan fingerprint density at radius 2 is 0.386 bits per heavy atom. The molecule has 0 aliphatic rings. The molecule has 0 aliphatic carbocycles. The number of aromatic nitrogens is 9. The molecule has 0 saturated heterocycles. The Morgan fingerprint density at radius 3 is 0.780 bits per heavy atom. The van der Waals surface area contributed by atoms with Crippen molar-refractivity contribution in [1.29, 1.82) is 0 Å². The van der Waals surface area contributed by atoms with Crippen molar-refractivity contribution in [3.05, 3.63) is 431 Å². The summed E-state index contributed by atoms with van der Waals surface area (Å²) in [6.07, 6.45) is 0. The maximum absolute atomic E-state index is 6.26. The van der Waals surface area contributed by atoms with E-state index in [-0.39, 0.29) is 0 Å². The van der Waals surface area contributed by atoms with Crippen LogP contribution in [0.5, 0.6) is 0 Å². The van der Waals surface area contributed by atoms with Crippen LogP contribution in [0.3, 0.4) is 0 Å². The molecule has 6 aromatic heterocycles. The van der Waals surface area contributed by atoms with Crippen LogP contribution in [-0.2, 0) is 0 Å². The van der Waals surface area contributed by atoms with Crippen molar-refractivity contribution in [2.24, 2.45) is 0 Å². The first-order chi connectivity index (χ1) is 62.9. The third-order valence-corrected chi connectivity index (χ3v) is 23.6. The standard InChI is InChI=1S/C41H25N3O.2C37H23N3O/c1-2-11-27(12-3-1)39-42-40(31-21-20-26-10-4-5-13-28(26)24-31)44-41(43-39)34-17-8-14-29-25-30(22-23-32(29)34)33-16-9-19-37-38(33)35-15-6-7-18-36(35)45-37;1-3-11-24(12-4-1)35-38-36(25-13-5-2-6-14-25)40-37(39-35)30-18-9-15-26-23-27(21-22-28(26)30)29-17-10-20-33-34(29)31-16-7-8-19-32(31)41-33;1-3-12-24(13-4-1)35-38-36(25-14-5-2-6-15-25)40-37(39-35)31-23-27-17-8-7-16-26(27)22-30(31)28-19-11-21-33-34(28)29-18-9-10-20-32(29)41-33/h1-25H;2*1-23H. The first-order valence-electron chi connectivity index (χ1n) is 42.3. The Hall–Kier alpha value is -17.4. The number of furan rings is 3. The summed E-state index contributed by atoms with van der Waals surface area (Å²) in [5.41, 5.74) is 20.6. The van der Waals surface area contributed by atoms with E-state index >= 15 is 0 Å². The van der Waals surface area contributed by atoms with Gasteiger partial charge < -0.3 is 13.3 Å². The van der Waals surface area contributed by atoms with Gasteiger partial charge >= 0.3 is 0 Å². The Bertz CT molecular complexity index is 8420. The average Bonchev–Trinajstić information content (AvgIpc) is 1.66. The lowest BCUT2D eigenvalue weighted by atomic mass is 9.92. The van der Waals surface area contributed by atoms with Crippen LogP contribution in [0.25, 0.3) is 245 Å². The first-order valence-corrected chi connectivity index (χ1v) is 42.3. The molecule has 0 atom stereocenters. The van der Waals surface area contributed by atoms with E-state index < -0.39 is 0 Å². The monoisotopic (exact) mass is 1630 g/mol. The number of fused-ring (bicyclic) bond motifs is 13. The Morgan fingerprint density at radius 1 is 0.126 bits per heavy atom. The summed E-state index contributed by atoms with van der Waals surface area (Å²) in [6, 6.07) is 147. The minimum Gasteiger partial charge on any atom is -0.456 e. The lowest BCUT2D eigenvalue weighted by molar-refractivity contribution is 0.668. The summed E-state index contributed by atoms with van der Waals surface area (Å²) in [5.74, 6) is 5.81. The average molecular weight is 1630 g/mol. The molecule has 25 aromatic rings. The number of hydrogen-bond acceptors (Lipinski definition) is 12. The fourth-order valence-corrected chi connectivity index (χ4v) is 17.5. The smallest absolute Gasteiger partial charge is 0.164 e. The molecule has 0 unspecified atom stereocenters. The fourth-order valence-electron chi connectivity index (χ4n) is 17.5. The van der Waals surface area contributed by atoms with Gasteiger partial charge in [-0.05, 0) is 143 Å². The zero-order valence-electron chi connectivity index (χ0n) is 68.2. The Balaban J connectivity index is 0.000000109. The van der Waals surface area contributed by atoms with Crippen molar-refractivity contribution >= 4 is 109 Å². The van der Waals surface area contributed by atoms with Crippen molar-refractivity contribution in [3.63, 3.8) is 0 Å². The van der Waals surface area contributed by atoms with Crippen LogP contribution in [0, 0.1) is 0 Å². The third kappa shape index (κ3) is 14.2. The molecule has 0 saturated carbocycles. The normalized spacial score (nSPS) is 11.5. The van der Waals surface area contributed by atoms with Crippen LogP contribution in [0.1, 0.15) is 0 Å². The highest BCUT2D eigenvalue weighted by Gasteiger charge is 2.24. The number of rotatable bonds is 12. The van der Waals surface area contributed by atoms with Crippen LogP contribution in [0.4, 0.5) is 0 Å². The van der Waals surface area contributed by atoms with Gasteiger partial charge in [0.15, 0.2) is 52.4 Å². The minimum absolute atomic E-state index is 0.628. The molecule has 0 spiro atoms. The molecule has 0 amide bonds. The molecule has 0 aliphatic heterocycles. The van der Waals surface area contributed by atoms with Crippen molar-refractivity contribution in [3.8, 4) is 136 Å². The third-order valence-electron chi connectivity index (χ3n) is 23.6. The molecule has 594 valence electrons. The van der Waals surface area contributed by atoms with Crippen molar-refractivity contribution in [1.82, 2.24) is 44.9 Å². The summed E-state index contributed by atoms with van der Waals surface area (Å²) in [5, 5.41) is 15.7. The quantitative estimate of drug-likeness (QED) is 0.114. The number of para-hydroxylation sites is 3. The molecule has 6 heterocycles. The van der Waals surface area contributed by atoms with Crippen molar-refractivity contribution in [2.75, 3.05) is 0 Å². The topological polar surface area (TPSA) is 155 Å². The second-order valence-electron chi connectivity index (χ2n) is 31.4. The van der Waals surface area contributed by atoms with E-state index in [2.05, 4.69) is 224 Å². The van der Waals surface area contributed by atoms with Crippen molar-refractivity contribution < 1.29 is 13.3 Å². The Kier molecular flexibility index (Phi) is 19.0. The SMILES string of the molecule is c1ccc(-c2nc(-c3ccc4ccccc4c3)nc(-c3cccc4cc(-c5cccc6oc7ccccc7c56)ccc34)n2)cc1.c1ccc(-c2nc(-c3ccccc3)nc(-c3cc4ccccc4cc3-c3cccc4oc5ccccc5c34)n2)cc1.c1ccc(-c2nc(-c3ccccc3)nc(-c3cccc4cc(-c5cccc6oc7ccccc7c56)ccc34)n2)cc1. The van der Waals surface area contributed by atoms with Gasteiger partial charge in [0.25, 0.3) is 0 Å². The predicted molar refractivity (Wildman–Crippen MR) is 517 cm³/mol. The number of nitrogens with zero attached hydrogens (tertiary/aromatic N) is 9. The zero-order valence-corrected chi connectivity index (χ0v) is 68.2. The molecular formula is C115H71N9O3. The van der Waals surface area contributed by atoms with E-state index in [0.717, 1.165) is 187 Å². The van der Waals surface area contributed by atoms with Gasteiger partial charge in [0.1, 0.15) is 33.5 Å². The van der Waals surface area contributed by atoms with Crippen molar-refractivity contribution in [2.45, 2.75) is 0 Å². The molecule has 0 N–H and O–H groups in total. The first kappa shape index (κ1) is 74.7. The van der Waals surface area contributed by atoms with E-state index in [1.807, 2.05) is 206 Å². The summed E-state index contributed by atoms with van der Waals surface area (Å²) >= 11 is 0. The van der Waals surface area contributed by atoms with Crippen LogP contribution in [0.2, 0.25) is 0 Å². The van der Waals surface area contributed by atoms with E-state index in [0.29, 0.717) is 52.4 Å². The van der Waals surface area contributed by atoms with Gasteiger partial charge in [0, 0.05) is 82.4 Å². The van der Waals surface area contributed by atoms with Gasteiger partial charge in [-0.1, -0.05) is 364 Å². The lowest BCUT2D eigenvalue weighted by Crippen LogP contribution is -2.01. The highest BCUT2D eigenvalue weighted by molar-refractivity contribution is 6.17. The lowest BCUT2D eigenvalue weighted by Gasteiger charge is -2.14. The summed E-state index contributed by atoms with van der Waals surface area (Å²) in [4.78, 5) is 44.9. The van der Waals surface area contributed by atoms with Crippen LogP contribution in [0.15, 0.2) is 444 Å². The zero-order chi connectivity index (χ0) is 84.1.